The minimum atomic E-state index is 0.711. The minimum Gasteiger partial charge on any atom is -0.261 e. The van der Waals surface area contributed by atoms with Crippen LogP contribution in [-0.4, -0.2) is 100 Å². The fraction of sp³-hybridized carbons (Fsp3) is 0.443. The Morgan fingerprint density at radius 2 is 0.691 bits per heavy atom. The van der Waals surface area contributed by atoms with E-state index in [9.17, 15) is 0 Å². The van der Waals surface area contributed by atoms with Gasteiger partial charge in [0.15, 0.2) is 0 Å². The summed E-state index contributed by atoms with van der Waals surface area (Å²) in [6.45, 7) is 53.1. The summed E-state index contributed by atoms with van der Waals surface area (Å²) < 4.78 is 0. The van der Waals surface area contributed by atoms with Gasteiger partial charge in [0.25, 0.3) is 0 Å². The molecule has 0 aliphatic carbocycles. The van der Waals surface area contributed by atoms with Gasteiger partial charge in [-0.2, -0.15) is 15.3 Å². The highest BCUT2D eigenvalue weighted by Gasteiger charge is 1.80. The van der Waals surface area contributed by atoms with E-state index in [4.69, 9.17) is 0 Å². The van der Waals surface area contributed by atoms with Crippen molar-refractivity contribution in [3.05, 3.63) is 206 Å². The molecule has 9 aromatic rings. The zero-order chi connectivity index (χ0) is 64.0. The van der Waals surface area contributed by atoms with Crippen molar-refractivity contribution in [1.29, 1.82) is 0 Å². The van der Waals surface area contributed by atoms with Gasteiger partial charge in [0, 0.05) is 61.5 Å². The van der Waals surface area contributed by atoms with Gasteiger partial charge in [-0.15, -0.1) is 15.3 Å². The Morgan fingerprint density at radius 3 is 0.914 bits per heavy atom. The highest BCUT2D eigenvalue weighted by atomic mass is 15.1. The Labute approximate surface area is 491 Å². The molecule has 0 saturated carbocycles. The van der Waals surface area contributed by atoms with Gasteiger partial charge >= 0.3 is 0 Å². The van der Waals surface area contributed by atoms with E-state index in [2.05, 4.69) is 119 Å². The van der Waals surface area contributed by atoms with E-state index in [1.165, 1.54) is 43.5 Å². The molecule has 0 bridgehead atoms. The summed E-state index contributed by atoms with van der Waals surface area (Å²) in [7, 11) is 0. The fourth-order valence-electron chi connectivity index (χ4n) is 3.23. The largest absolute Gasteiger partial charge is 0.261 e. The van der Waals surface area contributed by atoms with E-state index in [-0.39, 0.29) is 0 Å². The molecule has 0 amide bonds. The van der Waals surface area contributed by atoms with Crippen LogP contribution in [0.2, 0.25) is 0 Å². The Kier molecular flexibility index (Phi) is 100. The third-order valence-corrected chi connectivity index (χ3v) is 6.19. The van der Waals surface area contributed by atoms with Crippen molar-refractivity contribution in [2.75, 3.05) is 0 Å². The average Bonchev–Trinajstić information content (AvgIpc) is 3.55. The number of hydrogen-bond donors (Lipinski definition) is 0. The lowest BCUT2D eigenvalue weighted by Gasteiger charge is -1.82. The highest BCUT2D eigenvalue weighted by molar-refractivity contribution is 5.11. The summed E-state index contributed by atoms with van der Waals surface area (Å²) in [6.07, 6.45) is 29.0. The molecule has 0 unspecified atom stereocenters. The van der Waals surface area contributed by atoms with E-state index in [1.54, 1.807) is 87.4 Å². The Morgan fingerprint density at radius 1 is 0.222 bits per heavy atom. The van der Waals surface area contributed by atoms with Crippen LogP contribution in [0.4, 0.5) is 0 Å². The monoisotopic (exact) mass is 1120 g/mol. The molecule has 0 atom stereocenters. The summed E-state index contributed by atoms with van der Waals surface area (Å²) in [5.41, 5.74) is 6.14. The van der Waals surface area contributed by atoms with Gasteiger partial charge in [-0.05, 0) is 80.0 Å². The van der Waals surface area contributed by atoms with Crippen molar-refractivity contribution < 1.29 is 0 Å². The molecular formula is C61H106N20. The molecule has 1 aromatic carbocycles. The lowest BCUT2D eigenvalue weighted by molar-refractivity contribution is 0.907. The van der Waals surface area contributed by atoms with Crippen LogP contribution in [0.1, 0.15) is 176 Å². The van der Waals surface area contributed by atoms with Crippen LogP contribution in [0.5, 0.6) is 0 Å². The van der Waals surface area contributed by atoms with Gasteiger partial charge in [0.1, 0.15) is 55.4 Å². The molecule has 81 heavy (non-hydrogen) atoms. The molecule has 0 aliphatic heterocycles. The van der Waals surface area contributed by atoms with Crippen molar-refractivity contribution in [1.82, 2.24) is 100 Å². The lowest BCUT2D eigenvalue weighted by atomic mass is 10.2. The molecule has 0 N–H and O–H groups in total. The third-order valence-electron chi connectivity index (χ3n) is 6.19. The van der Waals surface area contributed by atoms with E-state index >= 15 is 0 Å². The third kappa shape index (κ3) is 85.7. The SMILES string of the molecule is CC.CC.CC.CC.CC.CC.CC.CC.CC.Cc1ccccc1.Cc1ccncn1.Cc1cnccn1.Cc1cncnc1.Cc1cncnn1.Cc1cnncn1.Cc1ncccn1.Cc1nccnn1.Cc1ncncn1. The first-order valence-electron chi connectivity index (χ1n) is 27.8. The van der Waals surface area contributed by atoms with Gasteiger partial charge in [-0.25, -0.2) is 59.8 Å². The smallest absolute Gasteiger partial charge is 0.147 e. The van der Waals surface area contributed by atoms with Crippen molar-refractivity contribution in [2.45, 2.75) is 187 Å². The maximum atomic E-state index is 3.92. The number of nitrogens with zero attached hydrogens (tertiary/aromatic N) is 20. The van der Waals surface area contributed by atoms with E-state index in [0.717, 1.165) is 40.0 Å². The highest BCUT2D eigenvalue weighted by Crippen LogP contribution is 1.92. The van der Waals surface area contributed by atoms with Crippen molar-refractivity contribution in [3.8, 4) is 0 Å². The Bertz CT molecular complexity index is 1770. The zero-order valence-electron chi connectivity index (χ0n) is 54.9. The predicted molar refractivity (Wildman–Crippen MR) is 339 cm³/mol. The topological polar surface area (TPSA) is 258 Å². The van der Waals surface area contributed by atoms with Crippen LogP contribution < -0.4 is 0 Å². The molecule has 450 valence electrons. The fourth-order valence-corrected chi connectivity index (χ4v) is 3.23. The van der Waals surface area contributed by atoms with E-state index < -0.39 is 0 Å². The van der Waals surface area contributed by atoms with Crippen LogP contribution in [0, 0.1) is 62.3 Å². The Balaban J connectivity index is -0.0000000993. The maximum Gasteiger partial charge on any atom is 0.147 e. The van der Waals surface area contributed by atoms with Crippen molar-refractivity contribution in [3.63, 3.8) is 0 Å². The van der Waals surface area contributed by atoms with Crippen LogP contribution in [0.3, 0.4) is 0 Å². The molecule has 8 aromatic heterocycles. The predicted octanol–water partition coefficient (Wildman–Crippen LogP) is 15.1. The van der Waals surface area contributed by atoms with E-state index in [1.807, 2.05) is 197 Å². The molecule has 9 rings (SSSR count). The number of hydrogen-bond acceptors (Lipinski definition) is 20. The van der Waals surface area contributed by atoms with Crippen LogP contribution in [0.15, 0.2) is 155 Å². The molecule has 0 fully saturated rings. The van der Waals surface area contributed by atoms with Gasteiger partial charge in [0.2, 0.25) is 0 Å². The zero-order valence-corrected chi connectivity index (χ0v) is 54.9. The van der Waals surface area contributed by atoms with Gasteiger partial charge in [0.05, 0.1) is 35.7 Å². The Hall–Kier alpha value is -8.42. The molecule has 20 heteroatoms. The number of benzene rings is 1. The number of aromatic nitrogens is 20. The number of aryl methyl sites for hydroxylation is 9. The molecule has 0 radical (unpaired) electrons. The average molecular weight is 1120 g/mol. The summed E-state index contributed by atoms with van der Waals surface area (Å²) in [5.74, 6) is 2.29. The molecule has 8 heterocycles. The summed E-state index contributed by atoms with van der Waals surface area (Å²) in [6, 6.07) is 13.9. The molecule has 0 saturated heterocycles. The molecule has 0 spiro atoms. The normalized spacial score (nSPS) is 7.44. The van der Waals surface area contributed by atoms with Gasteiger partial charge in [-0.3, -0.25) is 9.97 Å². The van der Waals surface area contributed by atoms with E-state index in [0.29, 0.717) is 5.82 Å². The summed E-state index contributed by atoms with van der Waals surface area (Å²) >= 11 is 0. The second-order valence-corrected chi connectivity index (χ2v) is 11.9. The van der Waals surface area contributed by atoms with Crippen LogP contribution in [-0.2, 0) is 0 Å². The van der Waals surface area contributed by atoms with Gasteiger partial charge < -0.3 is 0 Å². The van der Waals surface area contributed by atoms with Crippen LogP contribution >= 0.6 is 0 Å². The second kappa shape index (κ2) is 88.2. The first-order chi connectivity index (χ1) is 39.5. The van der Waals surface area contributed by atoms with Crippen LogP contribution in [0.25, 0.3) is 0 Å². The first-order valence-corrected chi connectivity index (χ1v) is 27.8. The summed E-state index contributed by atoms with van der Waals surface area (Å²) in [4.78, 5) is 53.1. The first kappa shape index (κ1) is 92.0. The minimum absolute atomic E-state index is 0.711. The second-order valence-electron chi connectivity index (χ2n) is 11.9. The van der Waals surface area contributed by atoms with Crippen molar-refractivity contribution in [2.24, 2.45) is 0 Å². The molecular weight excluding hydrogens is 1010 g/mol. The molecule has 0 aliphatic rings. The molecule has 20 nitrogen and oxygen atoms in total. The standard InChI is InChI=1S/C7H8.4C5H6N2.4C4H5N3.9C2H6/c1-7-5-3-2-4-6-7;1-5-2-6-4-7-3-5;1-5-4-6-2-3-7-5;1-5-2-3-6-4-7-5;1-5-6-3-2-4-7-5;1-4-6-2-5-3-7-4;1-4-2-6-7-3-5-4;1-4-2-5-3-6-7-4;1-4-5-2-3-6-7-4;9*1-2/h2-6H,1H3;4*2-4H,1H3;4*2-3H,1H3;9*1-2H3. The maximum absolute atomic E-state index is 3.92. The lowest BCUT2D eigenvalue weighted by Crippen LogP contribution is -1.85. The quantitative estimate of drug-likeness (QED) is 0.137. The number of rotatable bonds is 0. The van der Waals surface area contributed by atoms with Crippen molar-refractivity contribution >= 4 is 0 Å². The summed E-state index contributed by atoms with van der Waals surface area (Å²) in [5, 5.41) is 21.4. The van der Waals surface area contributed by atoms with Gasteiger partial charge in [-0.1, -0.05) is 161 Å².